The average molecular weight is 317 g/mol. The summed E-state index contributed by atoms with van der Waals surface area (Å²) in [7, 11) is 0. The fourth-order valence-electron chi connectivity index (χ4n) is 1.98. The molecule has 2 atom stereocenters. The van der Waals surface area contributed by atoms with Crippen LogP contribution in [-0.4, -0.2) is 58.1 Å². The number of amides is 1. The number of aliphatic hydroxyl groups is 1. The van der Waals surface area contributed by atoms with E-state index in [-0.39, 0.29) is 29.8 Å². The van der Waals surface area contributed by atoms with Gasteiger partial charge < -0.3 is 19.5 Å². The average Bonchev–Trinajstić information content (AvgIpc) is 2.76. The predicted molar refractivity (Wildman–Crippen MR) is 81.4 cm³/mol. The van der Waals surface area contributed by atoms with Crippen LogP contribution in [0.15, 0.2) is 12.7 Å². The van der Waals surface area contributed by atoms with Gasteiger partial charge in [-0.2, -0.15) is 0 Å². The summed E-state index contributed by atoms with van der Waals surface area (Å²) in [6, 6.07) is -0.331. The van der Waals surface area contributed by atoms with Crippen LogP contribution in [0.4, 0.5) is 9.59 Å². The Bertz CT molecular complexity index is 393. The molecule has 21 heavy (non-hydrogen) atoms. The molecule has 1 saturated heterocycles. The molecule has 1 fully saturated rings. The molecule has 0 saturated carbocycles. The number of hydrogen-bond acceptors (Lipinski definition) is 6. The number of likely N-dealkylation sites (tertiary alicyclic amines) is 1. The first-order chi connectivity index (χ1) is 9.76. The predicted octanol–water partition coefficient (Wildman–Crippen LogP) is 2.41. The number of carbonyl (C=O) groups excluding carboxylic acids is 2. The molecule has 0 bridgehead atoms. The minimum absolute atomic E-state index is 0.103. The zero-order chi connectivity index (χ0) is 16.0. The summed E-state index contributed by atoms with van der Waals surface area (Å²) in [5, 5.41) is 8.88. The maximum absolute atomic E-state index is 11.9. The van der Waals surface area contributed by atoms with Crippen LogP contribution in [-0.2, 0) is 9.47 Å². The Morgan fingerprint density at radius 2 is 2.14 bits per heavy atom. The van der Waals surface area contributed by atoms with Gasteiger partial charge in [-0.05, 0) is 39.0 Å². The molecule has 0 aromatic rings. The SMILES string of the molecule is C=CCOC(=O)N1C[C@@H](SC(=O)OC(C)(C)C)C[C@H]1CO. The first kappa shape index (κ1) is 17.8. The first-order valence-corrected chi connectivity index (χ1v) is 7.69. The van der Waals surface area contributed by atoms with Crippen LogP contribution in [0.2, 0.25) is 0 Å². The van der Waals surface area contributed by atoms with E-state index in [4.69, 9.17) is 9.47 Å². The second-order valence-corrected chi connectivity index (χ2v) is 7.03. The summed E-state index contributed by atoms with van der Waals surface area (Å²) >= 11 is 1.06. The largest absolute Gasteiger partial charge is 0.452 e. The lowest BCUT2D eigenvalue weighted by molar-refractivity contribution is 0.0736. The van der Waals surface area contributed by atoms with E-state index >= 15 is 0 Å². The van der Waals surface area contributed by atoms with E-state index in [2.05, 4.69) is 6.58 Å². The van der Waals surface area contributed by atoms with Crippen LogP contribution < -0.4 is 0 Å². The van der Waals surface area contributed by atoms with Crippen molar-refractivity contribution in [3.8, 4) is 0 Å². The number of rotatable bonds is 4. The Morgan fingerprint density at radius 3 is 2.67 bits per heavy atom. The maximum atomic E-state index is 11.9. The highest BCUT2D eigenvalue weighted by atomic mass is 32.2. The summed E-state index contributed by atoms with van der Waals surface area (Å²) in [5.74, 6) is 0. The van der Waals surface area contributed by atoms with Crippen molar-refractivity contribution in [1.29, 1.82) is 0 Å². The molecule has 120 valence electrons. The highest BCUT2D eigenvalue weighted by molar-refractivity contribution is 8.13. The van der Waals surface area contributed by atoms with E-state index in [1.54, 1.807) is 20.8 Å². The first-order valence-electron chi connectivity index (χ1n) is 6.81. The molecule has 1 aliphatic heterocycles. The van der Waals surface area contributed by atoms with E-state index in [1.165, 1.54) is 11.0 Å². The van der Waals surface area contributed by atoms with Gasteiger partial charge >= 0.3 is 11.4 Å². The molecule has 1 aliphatic rings. The molecule has 1 heterocycles. The van der Waals surface area contributed by atoms with Gasteiger partial charge in [-0.25, -0.2) is 9.59 Å². The molecule has 1 amide bonds. The number of nitrogens with zero attached hydrogens (tertiary/aromatic N) is 1. The van der Waals surface area contributed by atoms with Crippen LogP contribution in [0, 0.1) is 0 Å². The third kappa shape index (κ3) is 5.97. The van der Waals surface area contributed by atoms with E-state index in [0.717, 1.165) is 11.8 Å². The smallest absolute Gasteiger partial charge is 0.410 e. The van der Waals surface area contributed by atoms with Gasteiger partial charge in [-0.15, -0.1) is 0 Å². The van der Waals surface area contributed by atoms with Gasteiger partial charge in [0, 0.05) is 11.8 Å². The highest BCUT2D eigenvalue weighted by Crippen LogP contribution is 2.30. The molecular weight excluding hydrogens is 294 g/mol. The summed E-state index contributed by atoms with van der Waals surface area (Å²) in [4.78, 5) is 25.1. The number of thioether (sulfide) groups is 1. The lowest BCUT2D eigenvalue weighted by Crippen LogP contribution is -2.38. The van der Waals surface area contributed by atoms with Crippen LogP contribution in [0.1, 0.15) is 27.2 Å². The highest BCUT2D eigenvalue weighted by Gasteiger charge is 2.37. The Labute approximate surface area is 129 Å². The van der Waals surface area contributed by atoms with Crippen molar-refractivity contribution >= 4 is 23.2 Å². The minimum Gasteiger partial charge on any atom is -0.452 e. The molecule has 0 aromatic heterocycles. The fourth-order valence-corrected chi connectivity index (χ4v) is 3.10. The molecule has 0 aliphatic carbocycles. The minimum atomic E-state index is -0.540. The van der Waals surface area contributed by atoms with Gasteiger partial charge in [0.05, 0.1) is 12.6 Å². The number of aliphatic hydroxyl groups excluding tert-OH is 1. The normalized spacial score (nSPS) is 22.0. The Balaban J connectivity index is 2.54. The van der Waals surface area contributed by atoms with Crippen molar-refractivity contribution in [3.63, 3.8) is 0 Å². The summed E-state index contributed by atoms with van der Waals surface area (Å²) < 4.78 is 10.2. The molecule has 0 unspecified atom stereocenters. The molecule has 6 nitrogen and oxygen atoms in total. The molecule has 7 heteroatoms. The molecule has 0 radical (unpaired) electrons. The standard InChI is InChI=1S/C14H23NO5S/c1-5-6-19-12(17)15-8-11(7-10(15)9-16)21-13(18)20-14(2,3)4/h5,10-11,16H,1,6-9H2,2-4H3/t10-,11-/m0/s1. The molecule has 1 rings (SSSR count). The second kappa shape index (κ2) is 7.70. The Hall–Kier alpha value is -1.21. The van der Waals surface area contributed by atoms with Gasteiger partial charge in [0.15, 0.2) is 0 Å². The van der Waals surface area contributed by atoms with Crippen LogP contribution in [0.3, 0.4) is 0 Å². The van der Waals surface area contributed by atoms with Crippen LogP contribution in [0.5, 0.6) is 0 Å². The Kier molecular flexibility index (Phi) is 6.54. The topological polar surface area (TPSA) is 76.1 Å². The van der Waals surface area contributed by atoms with E-state index in [0.29, 0.717) is 13.0 Å². The van der Waals surface area contributed by atoms with Crippen LogP contribution >= 0.6 is 11.8 Å². The number of ether oxygens (including phenoxy) is 2. The maximum Gasteiger partial charge on any atom is 0.410 e. The van der Waals surface area contributed by atoms with Crippen molar-refractivity contribution in [2.45, 2.75) is 44.1 Å². The van der Waals surface area contributed by atoms with Crippen molar-refractivity contribution < 1.29 is 24.2 Å². The van der Waals surface area contributed by atoms with Crippen molar-refractivity contribution in [2.75, 3.05) is 19.8 Å². The summed E-state index contributed by atoms with van der Waals surface area (Å²) in [6.07, 6.45) is 1.51. The number of carbonyl (C=O) groups is 2. The Morgan fingerprint density at radius 1 is 1.48 bits per heavy atom. The van der Waals surface area contributed by atoms with E-state index in [9.17, 15) is 14.7 Å². The lowest BCUT2D eigenvalue weighted by Gasteiger charge is -2.21. The summed E-state index contributed by atoms with van der Waals surface area (Å²) in [6.45, 7) is 9.20. The monoisotopic (exact) mass is 317 g/mol. The van der Waals surface area contributed by atoms with Gasteiger partial charge in [0.1, 0.15) is 12.2 Å². The van der Waals surface area contributed by atoms with Crippen molar-refractivity contribution in [2.24, 2.45) is 0 Å². The van der Waals surface area contributed by atoms with Gasteiger partial charge in [0.25, 0.3) is 0 Å². The third-order valence-electron chi connectivity index (χ3n) is 2.80. The van der Waals surface area contributed by atoms with Gasteiger partial charge in [-0.3, -0.25) is 0 Å². The quantitative estimate of drug-likeness (QED) is 0.634. The van der Waals surface area contributed by atoms with Crippen molar-refractivity contribution in [3.05, 3.63) is 12.7 Å². The lowest BCUT2D eigenvalue weighted by atomic mass is 10.2. The van der Waals surface area contributed by atoms with Gasteiger partial charge in [-0.1, -0.05) is 12.7 Å². The summed E-state index contributed by atoms with van der Waals surface area (Å²) in [5.41, 5.74) is -0.540. The van der Waals surface area contributed by atoms with E-state index < -0.39 is 11.7 Å². The zero-order valence-corrected chi connectivity index (χ0v) is 13.5. The number of hydrogen-bond donors (Lipinski definition) is 1. The zero-order valence-electron chi connectivity index (χ0n) is 12.7. The fraction of sp³-hybridized carbons (Fsp3) is 0.714. The molecule has 0 spiro atoms. The molecule has 0 aromatic carbocycles. The van der Waals surface area contributed by atoms with Crippen LogP contribution in [0.25, 0.3) is 0 Å². The molecule has 1 N–H and O–H groups in total. The van der Waals surface area contributed by atoms with Gasteiger partial charge in [0.2, 0.25) is 0 Å². The van der Waals surface area contributed by atoms with E-state index in [1.807, 2.05) is 0 Å². The van der Waals surface area contributed by atoms with Crippen molar-refractivity contribution in [1.82, 2.24) is 4.90 Å². The second-order valence-electron chi connectivity index (χ2n) is 5.79. The molecular formula is C14H23NO5S. The third-order valence-corrected chi connectivity index (χ3v) is 3.75.